The van der Waals surface area contributed by atoms with Crippen molar-refractivity contribution in [3.8, 4) is 17.2 Å². The van der Waals surface area contributed by atoms with Crippen molar-refractivity contribution in [2.24, 2.45) is 0 Å². The van der Waals surface area contributed by atoms with Crippen LogP contribution in [0.5, 0.6) is 17.2 Å². The number of anilines is 1. The van der Waals surface area contributed by atoms with E-state index in [0.29, 0.717) is 40.9 Å². The molecule has 10 heteroatoms. The van der Waals surface area contributed by atoms with Gasteiger partial charge in [0.15, 0.2) is 5.13 Å². The molecule has 1 aliphatic heterocycles. The Hall–Kier alpha value is -2.59. The Morgan fingerprint density at radius 1 is 1.05 bits per heavy atom. The van der Waals surface area contributed by atoms with Crippen molar-refractivity contribution in [2.75, 3.05) is 65.1 Å². The largest absolute Gasteiger partial charge is 0.495 e. The number of amides is 1. The molecule has 3 aromatic rings. The highest BCUT2D eigenvalue weighted by molar-refractivity contribution is 7.22. The number of morpholine rings is 1. The smallest absolute Gasteiger partial charge is 0.260 e. The number of unbranched alkanes of at least 4 members (excludes halogenated alkanes) is 1. The Balaban J connectivity index is 0.00000380. The molecule has 0 spiro atoms. The summed E-state index contributed by atoms with van der Waals surface area (Å²) in [6.45, 7) is 7.61. The number of hydrogen-bond acceptors (Lipinski definition) is 8. The lowest BCUT2D eigenvalue weighted by Crippen LogP contribution is -2.39. The summed E-state index contributed by atoms with van der Waals surface area (Å²) in [6, 6.07) is 11.1. The minimum absolute atomic E-state index is 0. The van der Waals surface area contributed by atoms with Gasteiger partial charge in [-0.25, -0.2) is 4.98 Å². The molecule has 8 nitrogen and oxygen atoms in total. The maximum absolute atomic E-state index is 13.7. The number of carbonyl (C=O) groups excluding carboxylic acids is 1. The molecule has 2 aromatic carbocycles. The normalized spacial score (nSPS) is 13.7. The maximum atomic E-state index is 13.7. The lowest BCUT2D eigenvalue weighted by Gasteiger charge is -2.27. The molecule has 0 saturated carbocycles. The molecule has 0 bridgehead atoms. The lowest BCUT2D eigenvalue weighted by atomic mass is 10.2. The Bertz CT molecular complexity index is 1090. The van der Waals surface area contributed by atoms with Crippen molar-refractivity contribution in [2.45, 2.75) is 26.2 Å². The first-order valence-electron chi connectivity index (χ1n) is 12.5. The van der Waals surface area contributed by atoms with Gasteiger partial charge in [0, 0.05) is 31.7 Å². The van der Waals surface area contributed by atoms with Crippen LogP contribution in [-0.4, -0.2) is 76.0 Å². The van der Waals surface area contributed by atoms with E-state index in [1.807, 2.05) is 36.4 Å². The minimum Gasteiger partial charge on any atom is -0.495 e. The second-order valence-corrected chi connectivity index (χ2v) is 9.61. The Labute approximate surface area is 228 Å². The van der Waals surface area contributed by atoms with Gasteiger partial charge >= 0.3 is 0 Å². The van der Waals surface area contributed by atoms with E-state index in [-0.39, 0.29) is 18.3 Å². The topological polar surface area (TPSA) is 73.4 Å². The molecule has 1 saturated heterocycles. The van der Waals surface area contributed by atoms with Crippen molar-refractivity contribution >= 4 is 45.0 Å². The molecule has 37 heavy (non-hydrogen) atoms. The number of rotatable bonds is 12. The van der Waals surface area contributed by atoms with Crippen LogP contribution < -0.4 is 19.1 Å². The highest BCUT2D eigenvalue weighted by Crippen LogP contribution is 2.40. The van der Waals surface area contributed by atoms with Crippen LogP contribution in [-0.2, 0) is 4.74 Å². The summed E-state index contributed by atoms with van der Waals surface area (Å²) in [5.74, 6) is 2.05. The van der Waals surface area contributed by atoms with Gasteiger partial charge in [-0.15, -0.1) is 12.4 Å². The second kappa shape index (κ2) is 14.4. The van der Waals surface area contributed by atoms with E-state index in [1.165, 1.54) is 11.3 Å². The van der Waals surface area contributed by atoms with Crippen molar-refractivity contribution in [3.05, 3.63) is 42.0 Å². The van der Waals surface area contributed by atoms with Gasteiger partial charge in [0.25, 0.3) is 5.91 Å². The third-order valence-corrected chi connectivity index (χ3v) is 7.30. The van der Waals surface area contributed by atoms with E-state index < -0.39 is 0 Å². The van der Waals surface area contributed by atoms with Gasteiger partial charge in [-0.1, -0.05) is 24.7 Å². The first-order chi connectivity index (χ1) is 17.6. The quantitative estimate of drug-likeness (QED) is 0.284. The summed E-state index contributed by atoms with van der Waals surface area (Å²) >= 11 is 1.44. The molecule has 1 aromatic heterocycles. The molecule has 0 atom stereocenters. The summed E-state index contributed by atoms with van der Waals surface area (Å²) in [4.78, 5) is 22.7. The van der Waals surface area contributed by atoms with E-state index in [9.17, 15) is 4.79 Å². The fourth-order valence-electron chi connectivity index (χ4n) is 4.13. The number of thiazole rings is 1. The van der Waals surface area contributed by atoms with E-state index in [0.717, 1.165) is 62.6 Å². The van der Waals surface area contributed by atoms with Crippen LogP contribution in [0.3, 0.4) is 0 Å². The summed E-state index contributed by atoms with van der Waals surface area (Å²) < 4.78 is 23.2. The first-order valence-corrected chi connectivity index (χ1v) is 13.3. The van der Waals surface area contributed by atoms with Crippen LogP contribution in [0.1, 0.15) is 36.5 Å². The first kappa shape index (κ1) is 29.0. The number of benzene rings is 2. The van der Waals surface area contributed by atoms with Gasteiger partial charge in [-0.3, -0.25) is 14.6 Å². The third kappa shape index (κ3) is 7.25. The number of fused-ring (bicyclic) bond motifs is 1. The molecular formula is C27H36ClN3O5S. The average molecular weight is 550 g/mol. The van der Waals surface area contributed by atoms with Crippen molar-refractivity contribution in [1.29, 1.82) is 0 Å². The van der Waals surface area contributed by atoms with Crippen molar-refractivity contribution in [3.63, 3.8) is 0 Å². The molecule has 0 radical (unpaired) electrons. The fourth-order valence-corrected chi connectivity index (χ4v) is 5.23. The van der Waals surface area contributed by atoms with Crippen LogP contribution in [0.2, 0.25) is 0 Å². The van der Waals surface area contributed by atoms with Gasteiger partial charge < -0.3 is 18.9 Å². The van der Waals surface area contributed by atoms with Gasteiger partial charge in [0.2, 0.25) is 0 Å². The summed E-state index contributed by atoms with van der Waals surface area (Å²) in [5.41, 5.74) is 1.30. The van der Waals surface area contributed by atoms with E-state index in [1.54, 1.807) is 19.1 Å². The number of carbonyl (C=O) groups is 1. The number of halogens is 1. The molecule has 1 amide bonds. The summed E-state index contributed by atoms with van der Waals surface area (Å²) in [7, 11) is 3.26. The molecular weight excluding hydrogens is 514 g/mol. The van der Waals surface area contributed by atoms with Gasteiger partial charge in [-0.2, -0.15) is 0 Å². The molecule has 1 aliphatic rings. The second-order valence-electron chi connectivity index (χ2n) is 8.64. The van der Waals surface area contributed by atoms with Gasteiger partial charge in [-0.05, 0) is 49.2 Å². The average Bonchev–Trinajstić information content (AvgIpc) is 3.36. The number of methoxy groups -OCH3 is 2. The van der Waals surface area contributed by atoms with Crippen molar-refractivity contribution < 1.29 is 23.7 Å². The van der Waals surface area contributed by atoms with E-state index in [2.05, 4.69) is 11.8 Å². The van der Waals surface area contributed by atoms with Crippen molar-refractivity contribution in [1.82, 2.24) is 9.88 Å². The Morgan fingerprint density at radius 3 is 2.43 bits per heavy atom. The predicted octanol–water partition coefficient (Wildman–Crippen LogP) is 5.28. The highest BCUT2D eigenvalue weighted by Gasteiger charge is 2.24. The zero-order valence-corrected chi connectivity index (χ0v) is 23.4. The van der Waals surface area contributed by atoms with Crippen LogP contribution >= 0.6 is 23.7 Å². The number of hydrogen-bond donors (Lipinski definition) is 0. The molecule has 0 N–H and O–H groups in total. The lowest BCUT2D eigenvalue weighted by molar-refractivity contribution is 0.0376. The molecule has 0 aliphatic carbocycles. The predicted molar refractivity (Wildman–Crippen MR) is 150 cm³/mol. The number of nitrogens with zero attached hydrogens (tertiary/aromatic N) is 3. The number of aromatic nitrogens is 1. The Morgan fingerprint density at radius 2 is 1.76 bits per heavy atom. The highest BCUT2D eigenvalue weighted by atomic mass is 35.5. The molecule has 1 fully saturated rings. The van der Waals surface area contributed by atoms with Gasteiger partial charge in [0.05, 0.1) is 34.0 Å². The van der Waals surface area contributed by atoms with Crippen LogP contribution in [0.25, 0.3) is 10.2 Å². The molecule has 4 rings (SSSR count). The van der Waals surface area contributed by atoms with Crippen LogP contribution in [0.4, 0.5) is 5.13 Å². The molecule has 0 unspecified atom stereocenters. The van der Waals surface area contributed by atoms with Crippen LogP contribution in [0, 0.1) is 0 Å². The molecule has 202 valence electrons. The standard InChI is InChI=1S/C27H35N3O5S.ClH/c1-4-5-17-35-21-9-7-20(8-10-21)26(31)30(14-6-13-29-15-18-34-19-16-29)27-28-24-22(32-2)11-12-23(33-3)25(24)36-27;/h7-12H,4-6,13-19H2,1-3H3;1H. The number of ether oxygens (including phenoxy) is 4. The van der Waals surface area contributed by atoms with E-state index >= 15 is 0 Å². The monoisotopic (exact) mass is 549 g/mol. The van der Waals surface area contributed by atoms with Crippen LogP contribution in [0.15, 0.2) is 36.4 Å². The third-order valence-electron chi connectivity index (χ3n) is 6.20. The zero-order chi connectivity index (χ0) is 25.3. The molecule has 2 heterocycles. The van der Waals surface area contributed by atoms with Gasteiger partial charge in [0.1, 0.15) is 27.5 Å². The SMILES string of the molecule is CCCCOc1ccc(C(=O)N(CCCN2CCOCC2)c2nc3c(OC)ccc(OC)c3s2)cc1.Cl. The maximum Gasteiger partial charge on any atom is 0.260 e. The van der Waals surface area contributed by atoms with E-state index in [4.69, 9.17) is 23.9 Å². The summed E-state index contributed by atoms with van der Waals surface area (Å²) in [6.07, 6.45) is 2.91. The summed E-state index contributed by atoms with van der Waals surface area (Å²) in [5, 5.41) is 0.628. The minimum atomic E-state index is -0.0888. The zero-order valence-electron chi connectivity index (χ0n) is 21.7. The fraction of sp³-hybridized carbons (Fsp3) is 0.481. The Kier molecular flexibility index (Phi) is 11.3.